The second-order valence-electron chi connectivity index (χ2n) is 4.43. The van der Waals surface area contributed by atoms with Crippen molar-refractivity contribution in [3.63, 3.8) is 0 Å². The lowest BCUT2D eigenvalue weighted by Gasteiger charge is -2.12. The van der Waals surface area contributed by atoms with Crippen LogP contribution in [0.3, 0.4) is 0 Å². The zero-order valence-corrected chi connectivity index (χ0v) is 11.9. The first-order chi connectivity index (χ1) is 9.49. The monoisotopic (exact) mass is 299 g/mol. The largest absolute Gasteiger partial charge is 0.481 e. The van der Waals surface area contributed by atoms with Crippen LogP contribution >= 0.6 is 7.80 Å². The Morgan fingerprint density at radius 2 is 1.85 bits per heavy atom. The summed E-state index contributed by atoms with van der Waals surface area (Å²) in [6.45, 7) is 0. The van der Waals surface area contributed by atoms with Gasteiger partial charge in [0, 0.05) is 18.3 Å². The van der Waals surface area contributed by atoms with E-state index in [0.29, 0.717) is 0 Å². The van der Waals surface area contributed by atoms with Crippen LogP contribution in [0.4, 0.5) is 5.69 Å². The van der Waals surface area contributed by atoms with Crippen LogP contribution in [0.25, 0.3) is 0 Å². The van der Waals surface area contributed by atoms with Crippen LogP contribution in [0.1, 0.15) is 12.8 Å². The van der Waals surface area contributed by atoms with Gasteiger partial charge in [0.2, 0.25) is 0 Å². The molecule has 0 spiro atoms. The molecule has 0 radical (unpaired) electrons. The molecule has 0 saturated heterocycles. The van der Waals surface area contributed by atoms with Crippen molar-refractivity contribution in [3.8, 4) is 0 Å². The molecule has 6 nitrogen and oxygen atoms in total. The van der Waals surface area contributed by atoms with Crippen LogP contribution in [0.5, 0.6) is 0 Å². The maximum absolute atomic E-state index is 11.9. The van der Waals surface area contributed by atoms with Gasteiger partial charge in [-0.05, 0) is 18.6 Å². The Balaban J connectivity index is 2.41. The van der Waals surface area contributed by atoms with Crippen molar-refractivity contribution in [3.05, 3.63) is 30.3 Å². The Hall–Kier alpha value is -1.81. The van der Waals surface area contributed by atoms with Gasteiger partial charge in [0.15, 0.2) is 0 Å². The third-order valence-corrected chi connectivity index (χ3v) is 4.31. The number of rotatable bonds is 9. The molecule has 1 rings (SSSR count). The third-order valence-electron chi connectivity index (χ3n) is 2.79. The van der Waals surface area contributed by atoms with Gasteiger partial charge in [-0.3, -0.25) is 9.59 Å². The number of aliphatic carboxylic acids is 2. The van der Waals surface area contributed by atoms with E-state index in [9.17, 15) is 14.2 Å². The summed E-state index contributed by atoms with van der Waals surface area (Å²) in [4.78, 5) is 21.4. The fourth-order valence-electron chi connectivity index (χ4n) is 1.71. The Kier molecular flexibility index (Phi) is 6.81. The van der Waals surface area contributed by atoms with Gasteiger partial charge in [-0.2, -0.15) is 0 Å². The standard InChI is InChI=1S/C13H18NO5P/c15-12(16)7-6-10(13(17)18)8-20(19)9-14-11-4-2-1-3-5-11/h1-5,10,14,20H,6-9H2,(H,15,16)(H,17,18). The Bertz CT molecular complexity index is 477. The van der Waals surface area contributed by atoms with E-state index in [1.54, 1.807) is 0 Å². The van der Waals surface area contributed by atoms with Crippen molar-refractivity contribution >= 4 is 25.4 Å². The molecule has 0 bridgehead atoms. The van der Waals surface area contributed by atoms with Crippen LogP contribution in [0.2, 0.25) is 0 Å². The van der Waals surface area contributed by atoms with Crippen LogP contribution in [0, 0.1) is 5.92 Å². The summed E-state index contributed by atoms with van der Waals surface area (Å²) in [7, 11) is -2.11. The van der Waals surface area contributed by atoms with Gasteiger partial charge < -0.3 is 20.1 Å². The second-order valence-corrected chi connectivity index (χ2v) is 6.27. The summed E-state index contributed by atoms with van der Waals surface area (Å²) in [6, 6.07) is 9.20. The number of carboxylic acids is 2. The van der Waals surface area contributed by atoms with E-state index in [1.165, 1.54) is 0 Å². The number of nitrogens with one attached hydrogen (secondary N) is 1. The van der Waals surface area contributed by atoms with E-state index in [2.05, 4.69) is 5.32 Å². The van der Waals surface area contributed by atoms with Crippen LogP contribution in [-0.4, -0.2) is 34.6 Å². The molecule has 0 fully saturated rings. The highest BCUT2D eigenvalue weighted by Gasteiger charge is 2.21. The highest BCUT2D eigenvalue weighted by Crippen LogP contribution is 2.27. The first-order valence-electron chi connectivity index (χ1n) is 6.24. The highest BCUT2D eigenvalue weighted by molar-refractivity contribution is 7.44. The van der Waals surface area contributed by atoms with E-state index >= 15 is 0 Å². The molecule has 0 aliphatic rings. The van der Waals surface area contributed by atoms with Gasteiger partial charge in [-0.25, -0.2) is 0 Å². The minimum atomic E-state index is -2.11. The topological polar surface area (TPSA) is 104 Å². The van der Waals surface area contributed by atoms with E-state index in [-0.39, 0.29) is 25.3 Å². The third kappa shape index (κ3) is 6.38. The van der Waals surface area contributed by atoms with E-state index in [0.717, 1.165) is 5.69 Å². The van der Waals surface area contributed by atoms with Crippen molar-refractivity contribution in [2.75, 3.05) is 17.8 Å². The Labute approximate surface area is 117 Å². The van der Waals surface area contributed by atoms with Crippen molar-refractivity contribution in [1.29, 1.82) is 0 Å². The fraction of sp³-hybridized carbons (Fsp3) is 0.385. The number of benzene rings is 1. The van der Waals surface area contributed by atoms with Crippen LogP contribution in [-0.2, 0) is 14.2 Å². The van der Waals surface area contributed by atoms with Gasteiger partial charge in [0.1, 0.15) is 0 Å². The van der Waals surface area contributed by atoms with E-state index < -0.39 is 25.7 Å². The molecule has 7 heteroatoms. The number of hydrogen-bond acceptors (Lipinski definition) is 4. The number of carbonyl (C=O) groups is 2. The Morgan fingerprint density at radius 1 is 1.20 bits per heavy atom. The van der Waals surface area contributed by atoms with Crippen molar-refractivity contribution in [2.45, 2.75) is 12.8 Å². The first kappa shape index (κ1) is 16.2. The molecule has 1 aromatic carbocycles. The number of carboxylic acid groups (broad SMARTS) is 2. The number of para-hydroxylation sites is 1. The van der Waals surface area contributed by atoms with Crippen molar-refractivity contribution in [2.24, 2.45) is 5.92 Å². The quantitative estimate of drug-likeness (QED) is 0.604. The highest BCUT2D eigenvalue weighted by atomic mass is 31.1. The molecule has 1 aromatic rings. The minimum Gasteiger partial charge on any atom is -0.481 e. The lowest BCUT2D eigenvalue weighted by Crippen LogP contribution is -2.18. The molecule has 0 saturated carbocycles. The first-order valence-corrected chi connectivity index (χ1v) is 8.06. The molecular formula is C13H18NO5P. The molecule has 3 N–H and O–H groups in total. The molecule has 0 heterocycles. The van der Waals surface area contributed by atoms with Crippen LogP contribution in [0.15, 0.2) is 30.3 Å². The SMILES string of the molecule is O=C(O)CCC(C[PH](=O)CNc1ccccc1)C(=O)O. The zero-order valence-electron chi connectivity index (χ0n) is 10.9. The van der Waals surface area contributed by atoms with Gasteiger partial charge in [-0.15, -0.1) is 0 Å². The van der Waals surface area contributed by atoms with Crippen LogP contribution < -0.4 is 5.32 Å². The molecule has 20 heavy (non-hydrogen) atoms. The zero-order chi connectivity index (χ0) is 15.0. The summed E-state index contributed by atoms with van der Waals surface area (Å²) in [5.74, 6) is -3.00. The average molecular weight is 299 g/mol. The molecular weight excluding hydrogens is 281 g/mol. The van der Waals surface area contributed by atoms with Crippen molar-refractivity contribution < 1.29 is 24.4 Å². The number of hydrogen-bond donors (Lipinski definition) is 3. The summed E-state index contributed by atoms with van der Waals surface area (Å²) in [5.41, 5.74) is 0.822. The molecule has 0 amide bonds. The smallest absolute Gasteiger partial charge is 0.306 e. The maximum Gasteiger partial charge on any atom is 0.306 e. The summed E-state index contributed by atoms with van der Waals surface area (Å²) >= 11 is 0. The predicted octanol–water partition coefficient (Wildman–Crippen LogP) is 2.18. The molecule has 0 aliphatic heterocycles. The van der Waals surface area contributed by atoms with E-state index in [4.69, 9.17) is 10.2 Å². The molecule has 0 aliphatic carbocycles. The molecule has 110 valence electrons. The average Bonchev–Trinajstić information content (AvgIpc) is 2.41. The number of anilines is 1. The van der Waals surface area contributed by atoms with Gasteiger partial charge in [0.05, 0.1) is 20.0 Å². The molecule has 2 atom stereocenters. The van der Waals surface area contributed by atoms with Crippen molar-refractivity contribution in [1.82, 2.24) is 0 Å². The summed E-state index contributed by atoms with van der Waals surface area (Å²) < 4.78 is 11.9. The van der Waals surface area contributed by atoms with Gasteiger partial charge >= 0.3 is 11.9 Å². The minimum absolute atomic E-state index is 0.00636. The van der Waals surface area contributed by atoms with Gasteiger partial charge in [-0.1, -0.05) is 18.2 Å². The summed E-state index contributed by atoms with van der Waals surface area (Å²) in [6.07, 6.45) is 0.0171. The second kappa shape index (κ2) is 8.38. The molecule has 0 aromatic heterocycles. The normalized spacial score (nSPS) is 13.4. The molecule has 2 unspecified atom stereocenters. The fourth-order valence-corrected chi connectivity index (χ4v) is 3.19. The lowest BCUT2D eigenvalue weighted by atomic mass is 10.1. The lowest BCUT2D eigenvalue weighted by molar-refractivity contribution is -0.142. The van der Waals surface area contributed by atoms with E-state index in [1.807, 2.05) is 30.3 Å². The van der Waals surface area contributed by atoms with Gasteiger partial charge in [0.25, 0.3) is 0 Å². The predicted molar refractivity (Wildman–Crippen MR) is 76.8 cm³/mol. The summed E-state index contributed by atoms with van der Waals surface area (Å²) in [5, 5.41) is 20.5. The Morgan fingerprint density at radius 3 is 2.40 bits per heavy atom. The maximum atomic E-state index is 11.9.